The van der Waals surface area contributed by atoms with E-state index in [4.69, 9.17) is 0 Å². The number of alkyl halides is 2. The summed E-state index contributed by atoms with van der Waals surface area (Å²) in [5, 5.41) is 0. The first kappa shape index (κ1) is 10.1. The minimum absolute atomic E-state index is 0.223. The van der Waals surface area contributed by atoms with E-state index in [1.807, 2.05) is 0 Å². The maximum Gasteiger partial charge on any atom is 0.280 e. The highest BCUT2D eigenvalue weighted by atomic mass is 79.9. The van der Waals surface area contributed by atoms with Crippen molar-refractivity contribution in [2.75, 3.05) is 0 Å². The van der Waals surface area contributed by atoms with Crippen molar-refractivity contribution in [1.29, 1.82) is 0 Å². The molecular weight excluding hydrogens is 296 g/mol. The molecule has 12 heavy (non-hydrogen) atoms. The van der Waals surface area contributed by atoms with Gasteiger partial charge in [-0.2, -0.15) is 0 Å². The molecule has 1 rings (SSSR count). The predicted octanol–water partition coefficient (Wildman–Crippen LogP) is 3.85. The van der Waals surface area contributed by atoms with Crippen molar-refractivity contribution >= 4 is 31.9 Å². The smallest absolute Gasteiger partial charge is 0.240 e. The lowest BCUT2D eigenvalue weighted by atomic mass is 10.3. The molecule has 0 radical (unpaired) electrons. The Morgan fingerprint density at radius 1 is 1.42 bits per heavy atom. The van der Waals surface area contributed by atoms with E-state index in [1.165, 1.54) is 6.07 Å². The van der Waals surface area contributed by atoms with Gasteiger partial charge in [-0.15, -0.1) is 0 Å². The lowest BCUT2D eigenvalue weighted by Gasteiger charge is -2.04. The van der Waals surface area contributed by atoms with Crippen LogP contribution in [0.25, 0.3) is 0 Å². The zero-order chi connectivity index (χ0) is 9.30. The fraction of sp³-hybridized carbons (Fsp3) is 0.286. The second-order valence-electron chi connectivity index (χ2n) is 2.25. The summed E-state index contributed by atoms with van der Waals surface area (Å²) in [6, 6.07) is 1.32. The standard InChI is InChI=1S/C7H5Br2F2N/c1-3-4(8)2-5(7(10)11)12-6(3)9/h2,7H,1H3. The van der Waals surface area contributed by atoms with Gasteiger partial charge in [-0.25, -0.2) is 13.8 Å². The fourth-order valence-electron chi connectivity index (χ4n) is 0.678. The van der Waals surface area contributed by atoms with Gasteiger partial charge in [0, 0.05) is 4.47 Å². The average Bonchev–Trinajstić information content (AvgIpc) is 1.99. The van der Waals surface area contributed by atoms with E-state index in [2.05, 4.69) is 36.8 Å². The van der Waals surface area contributed by atoms with Crippen molar-refractivity contribution in [1.82, 2.24) is 4.98 Å². The normalized spacial score (nSPS) is 10.8. The molecule has 0 fully saturated rings. The van der Waals surface area contributed by atoms with E-state index in [1.54, 1.807) is 6.92 Å². The minimum Gasteiger partial charge on any atom is -0.240 e. The Labute approximate surface area is 85.4 Å². The number of halogens is 4. The second kappa shape index (κ2) is 3.79. The quantitative estimate of drug-likeness (QED) is 0.718. The summed E-state index contributed by atoms with van der Waals surface area (Å²) >= 11 is 6.25. The lowest BCUT2D eigenvalue weighted by Crippen LogP contribution is -1.93. The Hall–Kier alpha value is -0.0300. The Bertz CT molecular complexity index is 278. The second-order valence-corrected chi connectivity index (χ2v) is 3.85. The molecule has 0 N–H and O–H groups in total. The molecule has 0 unspecified atom stereocenters. The third-order valence-corrected chi connectivity index (χ3v) is 2.99. The first-order valence-corrected chi connectivity index (χ1v) is 4.71. The first-order chi connectivity index (χ1) is 5.52. The molecule has 0 spiro atoms. The molecule has 0 aliphatic carbocycles. The Morgan fingerprint density at radius 3 is 2.42 bits per heavy atom. The van der Waals surface area contributed by atoms with Gasteiger partial charge in [0.25, 0.3) is 6.43 Å². The largest absolute Gasteiger partial charge is 0.280 e. The molecule has 0 aliphatic rings. The molecule has 1 aromatic heterocycles. The topological polar surface area (TPSA) is 12.9 Å². The van der Waals surface area contributed by atoms with Crippen LogP contribution in [-0.4, -0.2) is 4.98 Å². The zero-order valence-corrected chi connectivity index (χ0v) is 9.29. The van der Waals surface area contributed by atoms with Gasteiger partial charge in [0.05, 0.1) is 0 Å². The van der Waals surface area contributed by atoms with Gasteiger partial charge in [0.15, 0.2) is 0 Å². The fourth-order valence-corrected chi connectivity index (χ4v) is 1.78. The minimum atomic E-state index is -2.53. The van der Waals surface area contributed by atoms with Crippen LogP contribution in [0.1, 0.15) is 17.7 Å². The maximum atomic E-state index is 12.2. The summed E-state index contributed by atoms with van der Waals surface area (Å²) in [5.74, 6) is 0. The number of nitrogens with zero attached hydrogens (tertiary/aromatic N) is 1. The van der Waals surface area contributed by atoms with Gasteiger partial charge >= 0.3 is 0 Å². The highest BCUT2D eigenvalue weighted by Crippen LogP contribution is 2.27. The number of rotatable bonds is 1. The summed E-state index contributed by atoms with van der Waals surface area (Å²) < 4.78 is 25.4. The Balaban J connectivity index is 3.21. The van der Waals surface area contributed by atoms with E-state index < -0.39 is 6.43 Å². The van der Waals surface area contributed by atoms with Gasteiger partial charge in [-0.05, 0) is 34.5 Å². The summed E-state index contributed by atoms with van der Waals surface area (Å²) in [7, 11) is 0. The number of hydrogen-bond acceptors (Lipinski definition) is 1. The summed E-state index contributed by atoms with van der Waals surface area (Å²) in [6.45, 7) is 1.79. The van der Waals surface area contributed by atoms with Crippen LogP contribution in [0.3, 0.4) is 0 Å². The van der Waals surface area contributed by atoms with Gasteiger partial charge in [0.2, 0.25) is 0 Å². The molecule has 5 heteroatoms. The van der Waals surface area contributed by atoms with Crippen LogP contribution in [0.4, 0.5) is 8.78 Å². The average molecular weight is 301 g/mol. The third kappa shape index (κ3) is 2.01. The SMILES string of the molecule is Cc1c(Br)cc(C(F)F)nc1Br. The predicted molar refractivity (Wildman–Crippen MR) is 49.3 cm³/mol. The van der Waals surface area contributed by atoms with Crippen LogP contribution in [0.15, 0.2) is 15.1 Å². The lowest BCUT2D eigenvalue weighted by molar-refractivity contribution is 0.146. The molecule has 0 saturated heterocycles. The van der Waals surface area contributed by atoms with Crippen LogP contribution >= 0.6 is 31.9 Å². The van der Waals surface area contributed by atoms with Gasteiger partial charge < -0.3 is 0 Å². The molecule has 0 aliphatic heterocycles. The highest BCUT2D eigenvalue weighted by molar-refractivity contribution is 9.11. The van der Waals surface area contributed by atoms with Crippen LogP contribution < -0.4 is 0 Å². The van der Waals surface area contributed by atoms with Crippen molar-refractivity contribution < 1.29 is 8.78 Å². The number of pyridine rings is 1. The highest BCUT2D eigenvalue weighted by Gasteiger charge is 2.12. The molecule has 1 heterocycles. The molecule has 0 aromatic carbocycles. The van der Waals surface area contributed by atoms with Crippen LogP contribution in [0.5, 0.6) is 0 Å². The van der Waals surface area contributed by atoms with Crippen LogP contribution in [-0.2, 0) is 0 Å². The first-order valence-electron chi connectivity index (χ1n) is 3.13. The third-order valence-electron chi connectivity index (χ3n) is 1.39. The number of aromatic nitrogens is 1. The molecule has 0 saturated carbocycles. The summed E-state index contributed by atoms with van der Waals surface area (Å²) in [5.41, 5.74) is 0.596. The van der Waals surface area contributed by atoms with Crippen molar-refractivity contribution in [3.05, 3.63) is 26.4 Å². The maximum absolute atomic E-state index is 12.2. The van der Waals surface area contributed by atoms with Gasteiger partial charge in [0.1, 0.15) is 10.3 Å². The van der Waals surface area contributed by atoms with Gasteiger partial charge in [-0.3, -0.25) is 0 Å². The van der Waals surface area contributed by atoms with E-state index in [0.717, 1.165) is 5.56 Å². The molecular formula is C7H5Br2F2N. The zero-order valence-electron chi connectivity index (χ0n) is 6.11. The monoisotopic (exact) mass is 299 g/mol. The molecule has 66 valence electrons. The van der Waals surface area contributed by atoms with E-state index in [-0.39, 0.29) is 5.69 Å². The Morgan fingerprint density at radius 2 is 2.00 bits per heavy atom. The summed E-state index contributed by atoms with van der Waals surface area (Å²) in [6.07, 6.45) is -2.53. The van der Waals surface area contributed by atoms with Gasteiger partial charge in [-0.1, -0.05) is 15.9 Å². The van der Waals surface area contributed by atoms with E-state index in [0.29, 0.717) is 9.08 Å². The van der Waals surface area contributed by atoms with Crippen molar-refractivity contribution in [2.24, 2.45) is 0 Å². The van der Waals surface area contributed by atoms with Crippen molar-refractivity contribution in [3.8, 4) is 0 Å². The van der Waals surface area contributed by atoms with E-state index >= 15 is 0 Å². The summed E-state index contributed by atoms with van der Waals surface area (Å²) in [4.78, 5) is 3.67. The van der Waals surface area contributed by atoms with Crippen LogP contribution in [0, 0.1) is 6.92 Å². The van der Waals surface area contributed by atoms with Crippen molar-refractivity contribution in [3.63, 3.8) is 0 Å². The number of hydrogen-bond donors (Lipinski definition) is 0. The molecule has 0 bridgehead atoms. The molecule has 1 nitrogen and oxygen atoms in total. The molecule has 1 aromatic rings. The Kier molecular flexibility index (Phi) is 3.17. The molecule has 0 amide bonds. The van der Waals surface area contributed by atoms with Crippen LogP contribution in [0.2, 0.25) is 0 Å². The van der Waals surface area contributed by atoms with E-state index in [9.17, 15) is 8.78 Å². The van der Waals surface area contributed by atoms with Crippen molar-refractivity contribution in [2.45, 2.75) is 13.3 Å². The molecule has 0 atom stereocenters.